The number of aromatic nitrogens is 1. The van der Waals surface area contributed by atoms with Crippen LogP contribution in [-0.4, -0.2) is 47.3 Å². The van der Waals surface area contributed by atoms with Crippen molar-refractivity contribution in [1.29, 1.82) is 0 Å². The Bertz CT molecular complexity index is 823. The number of nitrogens with zero attached hydrogens (tertiary/aromatic N) is 3. The first-order valence-electron chi connectivity index (χ1n) is 10.2. The third-order valence-corrected chi connectivity index (χ3v) is 5.74. The highest BCUT2D eigenvalue weighted by atomic mass is 16.5. The summed E-state index contributed by atoms with van der Waals surface area (Å²) in [5.74, 6) is 0. The number of urea groups is 1. The van der Waals surface area contributed by atoms with Gasteiger partial charge in [0.05, 0.1) is 29.6 Å². The van der Waals surface area contributed by atoms with Crippen LogP contribution in [0.5, 0.6) is 0 Å². The number of hydrogen-bond acceptors (Lipinski definition) is 3. The number of ether oxygens (including phenoxy) is 1. The van der Waals surface area contributed by atoms with E-state index in [-0.39, 0.29) is 24.3 Å². The van der Waals surface area contributed by atoms with Gasteiger partial charge in [0.2, 0.25) is 0 Å². The Kier molecular flexibility index (Phi) is 5.31. The zero-order valence-corrected chi connectivity index (χ0v) is 17.0. The van der Waals surface area contributed by atoms with Crippen molar-refractivity contribution in [1.82, 2.24) is 9.47 Å². The van der Waals surface area contributed by atoms with Gasteiger partial charge in [-0.2, -0.15) is 0 Å². The molecule has 1 N–H and O–H groups in total. The Morgan fingerprint density at radius 2 is 1.86 bits per heavy atom. The van der Waals surface area contributed by atoms with Gasteiger partial charge >= 0.3 is 6.03 Å². The van der Waals surface area contributed by atoms with Crippen LogP contribution in [0.4, 0.5) is 16.2 Å². The molecule has 2 saturated heterocycles. The smallest absolute Gasteiger partial charge is 0.322 e. The van der Waals surface area contributed by atoms with Gasteiger partial charge in [0, 0.05) is 38.6 Å². The Hall–Kier alpha value is -2.47. The minimum Gasteiger partial charge on any atom is -0.372 e. The van der Waals surface area contributed by atoms with E-state index in [0.29, 0.717) is 0 Å². The third-order valence-electron chi connectivity index (χ3n) is 5.74. The molecule has 2 amide bonds. The average Bonchev–Trinajstić information content (AvgIpc) is 3.29. The van der Waals surface area contributed by atoms with Crippen molar-refractivity contribution in [3.63, 3.8) is 0 Å². The van der Waals surface area contributed by atoms with E-state index in [2.05, 4.69) is 40.8 Å². The number of rotatable bonds is 3. The lowest BCUT2D eigenvalue weighted by atomic mass is 10.1. The van der Waals surface area contributed by atoms with E-state index in [1.807, 2.05) is 42.4 Å². The zero-order chi connectivity index (χ0) is 19.7. The van der Waals surface area contributed by atoms with Crippen LogP contribution in [0.1, 0.15) is 38.4 Å². The molecule has 0 radical (unpaired) electrons. The van der Waals surface area contributed by atoms with Gasteiger partial charge in [-0.05, 0) is 51.0 Å². The minimum absolute atomic E-state index is 0.0227. The standard InChI is InChI=1S/C22H30N4O2/c1-16-14-25(15-17(2)28-16)19-9-5-4-8-18(19)23-22(27)26-13-7-11-21(26)20-10-6-12-24(20)3/h4-6,8-10,12,16-17,21H,7,11,13-15H2,1-3H3,(H,23,27)/t16-,17+,21-/m0/s1. The monoisotopic (exact) mass is 382 g/mol. The lowest BCUT2D eigenvalue weighted by molar-refractivity contribution is -0.00517. The van der Waals surface area contributed by atoms with Crippen LogP contribution in [0.3, 0.4) is 0 Å². The SMILES string of the molecule is C[C@@H]1CN(c2ccccc2NC(=O)N2CCC[C@H]2c2cccn2C)C[C@H](C)O1. The summed E-state index contributed by atoms with van der Waals surface area (Å²) >= 11 is 0. The maximum atomic E-state index is 13.2. The Morgan fingerprint density at radius 1 is 1.11 bits per heavy atom. The average molecular weight is 383 g/mol. The van der Waals surface area contributed by atoms with Crippen molar-refractivity contribution in [2.45, 2.75) is 44.9 Å². The molecule has 2 aliphatic rings. The van der Waals surface area contributed by atoms with Gasteiger partial charge in [0.15, 0.2) is 0 Å². The molecule has 1 aromatic heterocycles. The fourth-order valence-electron chi connectivity index (χ4n) is 4.55. The van der Waals surface area contributed by atoms with Crippen LogP contribution in [-0.2, 0) is 11.8 Å². The number of para-hydroxylation sites is 2. The molecule has 2 aliphatic heterocycles. The molecule has 1 aromatic carbocycles. The molecule has 2 fully saturated rings. The van der Waals surface area contributed by atoms with E-state index >= 15 is 0 Å². The molecular formula is C22H30N4O2. The minimum atomic E-state index is -0.0227. The van der Waals surface area contributed by atoms with E-state index in [4.69, 9.17) is 4.74 Å². The number of likely N-dealkylation sites (tertiary alicyclic amines) is 1. The number of amides is 2. The van der Waals surface area contributed by atoms with E-state index in [9.17, 15) is 4.79 Å². The quantitative estimate of drug-likeness (QED) is 0.873. The fourth-order valence-corrected chi connectivity index (χ4v) is 4.55. The van der Waals surface area contributed by atoms with Gasteiger partial charge in [0.1, 0.15) is 0 Å². The number of carbonyl (C=O) groups excluding carboxylic acids is 1. The first-order valence-corrected chi connectivity index (χ1v) is 10.2. The van der Waals surface area contributed by atoms with Gasteiger partial charge in [-0.3, -0.25) is 0 Å². The van der Waals surface area contributed by atoms with Crippen molar-refractivity contribution in [3.05, 3.63) is 48.3 Å². The second-order valence-electron chi connectivity index (χ2n) is 8.00. The molecule has 0 saturated carbocycles. The first-order chi connectivity index (χ1) is 13.5. The molecule has 6 nitrogen and oxygen atoms in total. The lowest BCUT2D eigenvalue weighted by Gasteiger charge is -2.38. The Balaban J connectivity index is 1.53. The Labute approximate surface area is 167 Å². The molecule has 2 aromatic rings. The lowest BCUT2D eigenvalue weighted by Crippen LogP contribution is -2.46. The molecular weight excluding hydrogens is 352 g/mol. The first kappa shape index (κ1) is 18.9. The van der Waals surface area contributed by atoms with Crippen molar-refractivity contribution in [3.8, 4) is 0 Å². The number of morpholine rings is 1. The number of hydrogen-bond donors (Lipinski definition) is 1. The molecule has 3 atom stereocenters. The van der Waals surface area contributed by atoms with Crippen LogP contribution in [0.25, 0.3) is 0 Å². The van der Waals surface area contributed by atoms with Crippen molar-refractivity contribution in [2.24, 2.45) is 7.05 Å². The molecule has 0 bridgehead atoms. The highest BCUT2D eigenvalue weighted by Crippen LogP contribution is 2.34. The van der Waals surface area contributed by atoms with Gasteiger partial charge < -0.3 is 24.4 Å². The molecule has 0 unspecified atom stereocenters. The topological polar surface area (TPSA) is 49.7 Å². The summed E-state index contributed by atoms with van der Waals surface area (Å²) in [5.41, 5.74) is 3.12. The number of benzene rings is 1. The van der Waals surface area contributed by atoms with Crippen LogP contribution >= 0.6 is 0 Å². The second-order valence-corrected chi connectivity index (χ2v) is 8.00. The fraction of sp³-hybridized carbons (Fsp3) is 0.500. The van der Waals surface area contributed by atoms with Crippen molar-refractivity contribution >= 4 is 17.4 Å². The van der Waals surface area contributed by atoms with E-state index in [1.165, 1.54) is 5.69 Å². The summed E-state index contributed by atoms with van der Waals surface area (Å²) in [6.45, 7) is 6.63. The van der Waals surface area contributed by atoms with Crippen LogP contribution in [0, 0.1) is 0 Å². The summed E-state index contributed by atoms with van der Waals surface area (Å²) < 4.78 is 7.98. The number of aryl methyl sites for hydroxylation is 1. The summed E-state index contributed by atoms with van der Waals surface area (Å²) in [6.07, 6.45) is 4.43. The number of nitrogens with one attached hydrogen (secondary N) is 1. The van der Waals surface area contributed by atoms with E-state index < -0.39 is 0 Å². The van der Waals surface area contributed by atoms with Crippen molar-refractivity contribution < 1.29 is 9.53 Å². The predicted molar refractivity (Wildman–Crippen MR) is 112 cm³/mol. The summed E-state index contributed by atoms with van der Waals surface area (Å²) in [7, 11) is 2.04. The van der Waals surface area contributed by atoms with Crippen LogP contribution < -0.4 is 10.2 Å². The summed E-state index contributed by atoms with van der Waals surface area (Å²) in [6, 6.07) is 12.3. The maximum Gasteiger partial charge on any atom is 0.322 e. The molecule has 0 spiro atoms. The number of anilines is 2. The molecule has 3 heterocycles. The van der Waals surface area contributed by atoms with Gasteiger partial charge in [-0.15, -0.1) is 0 Å². The summed E-state index contributed by atoms with van der Waals surface area (Å²) in [4.78, 5) is 17.4. The molecule has 6 heteroatoms. The van der Waals surface area contributed by atoms with Gasteiger partial charge in [-0.1, -0.05) is 12.1 Å². The Morgan fingerprint density at radius 3 is 2.57 bits per heavy atom. The second kappa shape index (κ2) is 7.87. The summed E-state index contributed by atoms with van der Waals surface area (Å²) in [5, 5.41) is 3.19. The zero-order valence-electron chi connectivity index (χ0n) is 17.0. The third kappa shape index (κ3) is 3.74. The predicted octanol–water partition coefficient (Wildman–Crippen LogP) is 4.01. The van der Waals surface area contributed by atoms with Crippen LogP contribution in [0.2, 0.25) is 0 Å². The largest absolute Gasteiger partial charge is 0.372 e. The highest BCUT2D eigenvalue weighted by Gasteiger charge is 2.32. The molecule has 0 aliphatic carbocycles. The van der Waals surface area contributed by atoms with Gasteiger partial charge in [0.25, 0.3) is 0 Å². The van der Waals surface area contributed by atoms with Crippen molar-refractivity contribution in [2.75, 3.05) is 29.9 Å². The molecule has 4 rings (SSSR count). The number of carbonyl (C=O) groups is 1. The molecule has 28 heavy (non-hydrogen) atoms. The highest BCUT2D eigenvalue weighted by molar-refractivity contribution is 5.93. The van der Waals surface area contributed by atoms with Crippen LogP contribution in [0.15, 0.2) is 42.6 Å². The van der Waals surface area contributed by atoms with E-state index in [1.54, 1.807) is 0 Å². The molecule has 150 valence electrons. The normalized spacial score (nSPS) is 25.2. The maximum absolute atomic E-state index is 13.2. The van der Waals surface area contributed by atoms with E-state index in [0.717, 1.165) is 43.9 Å². The van der Waals surface area contributed by atoms with Gasteiger partial charge in [-0.25, -0.2) is 4.79 Å².